The number of rotatable bonds is 8. The van der Waals surface area contributed by atoms with Gasteiger partial charge in [0.15, 0.2) is 5.82 Å². The number of aromatic nitrogens is 4. The number of pyridine rings is 2. The van der Waals surface area contributed by atoms with E-state index in [-0.39, 0.29) is 22.2 Å². The first kappa shape index (κ1) is 38.7. The highest BCUT2D eigenvalue weighted by molar-refractivity contribution is 6.13. The molecule has 0 N–H and O–H groups in total. The minimum Gasteiger partial charge on any atom is -0.317 e. The zero-order valence-electron chi connectivity index (χ0n) is 35.6. The Balaban J connectivity index is 1.11. The van der Waals surface area contributed by atoms with E-state index >= 15 is 0 Å². The van der Waals surface area contributed by atoms with Gasteiger partial charge in [-0.15, -0.1) is 0 Å². The Kier molecular flexibility index (Phi) is 9.34. The van der Waals surface area contributed by atoms with E-state index in [1.807, 2.05) is 48.8 Å². The smallest absolute Gasteiger partial charge is 0.179 e. The van der Waals surface area contributed by atoms with Crippen molar-refractivity contribution in [2.45, 2.75) is 77.5 Å². The Labute approximate surface area is 353 Å². The average Bonchev–Trinajstić information content (AvgIpc) is 3.59. The van der Waals surface area contributed by atoms with Gasteiger partial charge in [0.2, 0.25) is 0 Å². The molecule has 9 rings (SSSR count). The molecule has 8 heteroatoms. The first-order valence-electron chi connectivity index (χ1n) is 20.6. The highest BCUT2D eigenvalue weighted by Gasteiger charge is 2.51. The fraction of sp³-hybridized carbons (Fsp3) is 0.231. The Bertz CT molecular complexity index is 2570. The third kappa shape index (κ3) is 6.66. The largest absolute Gasteiger partial charge is 0.317 e. The molecule has 298 valence electrons. The van der Waals surface area contributed by atoms with Gasteiger partial charge in [-0.05, 0) is 96.8 Å². The summed E-state index contributed by atoms with van der Waals surface area (Å²) in [6.07, 6.45) is 3.85. The molecular formula is C52H50N8. The van der Waals surface area contributed by atoms with Crippen molar-refractivity contribution in [1.29, 1.82) is 0 Å². The van der Waals surface area contributed by atoms with E-state index in [0.29, 0.717) is 17.2 Å². The minimum absolute atomic E-state index is 0.311. The van der Waals surface area contributed by atoms with Crippen LogP contribution in [0.2, 0.25) is 0 Å². The fourth-order valence-corrected chi connectivity index (χ4v) is 8.06. The van der Waals surface area contributed by atoms with Crippen LogP contribution in [0.3, 0.4) is 0 Å². The van der Waals surface area contributed by atoms with E-state index in [1.54, 1.807) is 0 Å². The van der Waals surface area contributed by atoms with Gasteiger partial charge < -0.3 is 9.80 Å². The SMILES string of the molecule is CC1(C)N=C(c2ccccc2)N(c2ccc(-c3cc(-c4ccc(-c5ccccc5)cc4)nc(-c4ccc(N5C(c6ccccc6)=NC(C)(C)C5(C)C)cn4)n3)nc2)C1(C)C. The molecule has 8 nitrogen and oxygen atoms in total. The van der Waals surface area contributed by atoms with E-state index in [9.17, 15) is 0 Å². The Morgan fingerprint density at radius 1 is 0.367 bits per heavy atom. The summed E-state index contributed by atoms with van der Waals surface area (Å²) in [5, 5.41) is 0. The first-order chi connectivity index (χ1) is 28.7. The molecule has 0 bridgehead atoms. The van der Waals surface area contributed by atoms with Crippen molar-refractivity contribution in [2.75, 3.05) is 9.80 Å². The summed E-state index contributed by atoms with van der Waals surface area (Å²) in [4.78, 5) is 35.5. The normalized spacial score (nSPS) is 17.3. The van der Waals surface area contributed by atoms with Gasteiger partial charge in [0.25, 0.3) is 0 Å². The second kappa shape index (κ2) is 14.5. The number of amidine groups is 2. The quantitative estimate of drug-likeness (QED) is 0.153. The van der Waals surface area contributed by atoms with Crippen LogP contribution < -0.4 is 9.80 Å². The zero-order valence-corrected chi connectivity index (χ0v) is 35.6. The van der Waals surface area contributed by atoms with Crippen LogP contribution in [0.5, 0.6) is 0 Å². The molecule has 0 unspecified atom stereocenters. The van der Waals surface area contributed by atoms with Gasteiger partial charge in [-0.3, -0.25) is 20.0 Å². The molecule has 5 heterocycles. The van der Waals surface area contributed by atoms with Crippen molar-refractivity contribution < 1.29 is 0 Å². The maximum Gasteiger partial charge on any atom is 0.179 e. The van der Waals surface area contributed by atoms with Crippen LogP contribution in [0.1, 0.15) is 66.5 Å². The van der Waals surface area contributed by atoms with Crippen molar-refractivity contribution in [1.82, 2.24) is 19.9 Å². The number of aliphatic imine (C=N–C) groups is 2. The number of hydrogen-bond acceptors (Lipinski definition) is 8. The van der Waals surface area contributed by atoms with Gasteiger partial charge in [-0.25, -0.2) is 9.97 Å². The van der Waals surface area contributed by atoms with Gasteiger partial charge >= 0.3 is 0 Å². The summed E-state index contributed by atoms with van der Waals surface area (Å²) < 4.78 is 0. The van der Waals surface area contributed by atoms with Gasteiger partial charge in [-0.2, -0.15) is 0 Å². The van der Waals surface area contributed by atoms with Crippen LogP contribution in [0.15, 0.2) is 168 Å². The summed E-state index contributed by atoms with van der Waals surface area (Å²) in [6.45, 7) is 17.7. The van der Waals surface area contributed by atoms with Crippen LogP contribution in [0.4, 0.5) is 11.4 Å². The highest BCUT2D eigenvalue weighted by atomic mass is 15.3. The lowest BCUT2D eigenvalue weighted by molar-refractivity contribution is 0.338. The molecule has 0 saturated heterocycles. The Hall–Kier alpha value is -6.80. The Morgan fingerprint density at radius 2 is 0.767 bits per heavy atom. The first-order valence-corrected chi connectivity index (χ1v) is 20.6. The monoisotopic (exact) mass is 786 g/mol. The van der Waals surface area contributed by atoms with Crippen LogP contribution in [-0.4, -0.2) is 53.8 Å². The number of anilines is 2. The second-order valence-electron chi connectivity index (χ2n) is 17.7. The van der Waals surface area contributed by atoms with Crippen LogP contribution in [0.25, 0.3) is 45.3 Å². The van der Waals surface area contributed by atoms with Crippen LogP contribution in [0, 0.1) is 0 Å². The van der Waals surface area contributed by atoms with Crippen LogP contribution >= 0.6 is 0 Å². The molecule has 60 heavy (non-hydrogen) atoms. The van der Waals surface area contributed by atoms with Crippen molar-refractivity contribution in [3.05, 3.63) is 169 Å². The van der Waals surface area contributed by atoms with Gasteiger partial charge in [0.1, 0.15) is 17.4 Å². The minimum atomic E-state index is -0.335. The second-order valence-corrected chi connectivity index (χ2v) is 17.7. The van der Waals surface area contributed by atoms with Crippen molar-refractivity contribution >= 4 is 23.0 Å². The molecule has 4 aromatic carbocycles. The molecule has 0 spiro atoms. The number of nitrogens with zero attached hydrogens (tertiary/aromatic N) is 8. The standard InChI is InChI=1S/C52H50N8/c1-49(2)51(5,6)59(47(57-49)38-20-14-10-15-21-38)40-28-30-42(53-33-40)45-32-44(37-26-24-36(25-27-37)35-18-12-9-13-19-35)55-46(56-45)43-31-29-41(34-54-43)60-48(39-22-16-11-17-23-39)58-50(3,4)52(60,7)8/h9-34H,1-8H3. The maximum absolute atomic E-state index is 5.24. The van der Waals surface area contributed by atoms with Gasteiger partial charge in [0.05, 0.1) is 63.0 Å². The molecule has 0 saturated carbocycles. The zero-order chi connectivity index (χ0) is 41.9. The van der Waals surface area contributed by atoms with Gasteiger partial charge in [-0.1, -0.05) is 115 Å². The van der Waals surface area contributed by atoms with E-state index in [4.69, 9.17) is 29.9 Å². The summed E-state index contributed by atoms with van der Waals surface area (Å²) >= 11 is 0. The van der Waals surface area contributed by atoms with Crippen molar-refractivity contribution in [3.63, 3.8) is 0 Å². The lowest BCUT2D eigenvalue weighted by atomic mass is 9.83. The Morgan fingerprint density at radius 3 is 1.22 bits per heavy atom. The molecule has 0 atom stereocenters. The topological polar surface area (TPSA) is 82.8 Å². The molecule has 0 radical (unpaired) electrons. The highest BCUT2D eigenvalue weighted by Crippen LogP contribution is 2.44. The molecule has 7 aromatic rings. The summed E-state index contributed by atoms with van der Waals surface area (Å²) in [5.74, 6) is 2.38. The lowest BCUT2D eigenvalue weighted by Crippen LogP contribution is -2.53. The van der Waals surface area contributed by atoms with Crippen molar-refractivity contribution in [2.24, 2.45) is 9.98 Å². The lowest BCUT2D eigenvalue weighted by Gasteiger charge is -2.41. The van der Waals surface area contributed by atoms with E-state index in [1.165, 1.54) is 0 Å². The predicted molar refractivity (Wildman–Crippen MR) is 247 cm³/mol. The molecule has 3 aromatic heterocycles. The number of benzene rings is 4. The molecular weight excluding hydrogens is 737 g/mol. The molecule has 0 fully saturated rings. The van der Waals surface area contributed by atoms with Crippen LogP contribution in [-0.2, 0) is 0 Å². The molecule has 0 amide bonds. The summed E-state index contributed by atoms with van der Waals surface area (Å²) in [5.41, 5.74) is 8.93. The van der Waals surface area contributed by atoms with Gasteiger partial charge in [0, 0.05) is 16.7 Å². The van der Waals surface area contributed by atoms with E-state index in [2.05, 4.69) is 174 Å². The average molecular weight is 787 g/mol. The fourth-order valence-electron chi connectivity index (χ4n) is 8.06. The van der Waals surface area contributed by atoms with E-state index in [0.717, 1.165) is 62.3 Å². The maximum atomic E-state index is 5.24. The molecule has 0 aliphatic carbocycles. The van der Waals surface area contributed by atoms with E-state index < -0.39 is 0 Å². The molecule has 2 aliphatic rings. The third-order valence-corrected chi connectivity index (χ3v) is 12.9. The molecule has 2 aliphatic heterocycles. The third-order valence-electron chi connectivity index (χ3n) is 12.9. The summed E-state index contributed by atoms with van der Waals surface area (Å²) in [7, 11) is 0. The van der Waals surface area contributed by atoms with Crippen molar-refractivity contribution in [3.8, 4) is 45.3 Å². The predicted octanol–water partition coefficient (Wildman–Crippen LogP) is 11.6. The number of hydrogen-bond donors (Lipinski definition) is 0. The summed E-state index contributed by atoms with van der Waals surface area (Å²) in [6, 6.07) is 50.0.